The van der Waals surface area contributed by atoms with E-state index in [1.807, 2.05) is 19.1 Å². The maximum atomic E-state index is 11.8. The first kappa shape index (κ1) is 15.6. The number of amides is 1. The molecule has 0 saturated carbocycles. The van der Waals surface area contributed by atoms with Gasteiger partial charge in [0.2, 0.25) is 0 Å². The number of hydrogen-bond acceptors (Lipinski definition) is 4. The number of aryl methyl sites for hydroxylation is 1. The average molecular weight is 292 g/mol. The number of para-hydroxylation sites is 1. The highest BCUT2D eigenvalue weighted by Crippen LogP contribution is 2.33. The van der Waals surface area contributed by atoms with E-state index in [0.29, 0.717) is 12.6 Å². The van der Waals surface area contributed by atoms with E-state index in [0.717, 1.165) is 24.3 Å². The zero-order valence-corrected chi connectivity index (χ0v) is 12.9. The largest absolute Gasteiger partial charge is 0.482 e. The number of benzene rings is 1. The minimum Gasteiger partial charge on any atom is -0.482 e. The summed E-state index contributed by atoms with van der Waals surface area (Å²) < 4.78 is 10.7. The molecule has 116 valence electrons. The summed E-state index contributed by atoms with van der Waals surface area (Å²) in [5.74, 6) is 0.606. The van der Waals surface area contributed by atoms with Gasteiger partial charge in [-0.3, -0.25) is 4.79 Å². The van der Waals surface area contributed by atoms with Gasteiger partial charge in [0.1, 0.15) is 5.75 Å². The molecule has 0 bridgehead atoms. The van der Waals surface area contributed by atoms with Gasteiger partial charge in [0.05, 0.1) is 12.3 Å². The van der Waals surface area contributed by atoms with Crippen molar-refractivity contribution in [1.82, 2.24) is 5.32 Å². The Morgan fingerprint density at radius 3 is 3.10 bits per heavy atom. The molecule has 0 aliphatic carbocycles. The second kappa shape index (κ2) is 7.31. The first-order chi connectivity index (χ1) is 10.1. The van der Waals surface area contributed by atoms with E-state index in [9.17, 15) is 4.79 Å². The minimum atomic E-state index is -0.138. The number of nitrogens with one attached hydrogen (secondary N) is 2. The van der Waals surface area contributed by atoms with Gasteiger partial charge in [0.15, 0.2) is 6.61 Å². The van der Waals surface area contributed by atoms with Gasteiger partial charge in [-0.15, -0.1) is 0 Å². The maximum Gasteiger partial charge on any atom is 0.258 e. The Kier molecular flexibility index (Phi) is 5.44. The molecule has 1 aromatic rings. The number of fused-ring (bicyclic) bond motifs is 1. The number of rotatable bonds is 6. The topological polar surface area (TPSA) is 59.6 Å². The van der Waals surface area contributed by atoms with Crippen molar-refractivity contribution in [2.24, 2.45) is 0 Å². The van der Waals surface area contributed by atoms with Crippen LogP contribution in [0.5, 0.6) is 5.75 Å². The van der Waals surface area contributed by atoms with Gasteiger partial charge in [-0.2, -0.15) is 0 Å². The fraction of sp³-hybridized carbons (Fsp3) is 0.562. The summed E-state index contributed by atoms with van der Waals surface area (Å²) in [6.45, 7) is 4.56. The van der Waals surface area contributed by atoms with E-state index in [1.165, 1.54) is 5.56 Å². The molecule has 2 N–H and O–H groups in total. The lowest BCUT2D eigenvalue weighted by Crippen LogP contribution is -2.38. The summed E-state index contributed by atoms with van der Waals surface area (Å²) in [6.07, 6.45) is 2.16. The fourth-order valence-corrected chi connectivity index (χ4v) is 2.51. The Bertz CT molecular complexity index is 490. The molecule has 1 heterocycles. The molecule has 0 fully saturated rings. The molecule has 1 amide bonds. The van der Waals surface area contributed by atoms with Crippen molar-refractivity contribution < 1.29 is 14.3 Å². The summed E-state index contributed by atoms with van der Waals surface area (Å²) in [4.78, 5) is 11.8. The summed E-state index contributed by atoms with van der Waals surface area (Å²) >= 11 is 0. The Labute approximate surface area is 126 Å². The van der Waals surface area contributed by atoms with Crippen LogP contribution in [-0.4, -0.2) is 38.3 Å². The van der Waals surface area contributed by atoms with E-state index in [1.54, 1.807) is 7.11 Å². The number of anilines is 1. The normalized spacial score (nSPS) is 18.3. The van der Waals surface area contributed by atoms with E-state index in [2.05, 4.69) is 23.6 Å². The zero-order valence-electron chi connectivity index (χ0n) is 12.9. The highest BCUT2D eigenvalue weighted by Gasteiger charge is 2.18. The van der Waals surface area contributed by atoms with Crippen molar-refractivity contribution in [2.45, 2.75) is 38.8 Å². The monoisotopic (exact) mass is 292 g/mol. The molecule has 1 aliphatic rings. The first-order valence-electron chi connectivity index (χ1n) is 7.39. The van der Waals surface area contributed by atoms with Crippen LogP contribution in [0.15, 0.2) is 18.2 Å². The van der Waals surface area contributed by atoms with Crippen LogP contribution < -0.4 is 15.4 Å². The second-order valence-corrected chi connectivity index (χ2v) is 5.59. The molecule has 2 rings (SSSR count). The molecule has 0 spiro atoms. The molecule has 2 unspecified atom stereocenters. The molecule has 0 radical (unpaired) electrons. The van der Waals surface area contributed by atoms with Crippen molar-refractivity contribution in [3.05, 3.63) is 23.8 Å². The van der Waals surface area contributed by atoms with Crippen molar-refractivity contribution >= 4 is 11.6 Å². The quantitative estimate of drug-likeness (QED) is 0.841. The Morgan fingerprint density at radius 1 is 1.52 bits per heavy atom. The molecular weight excluding hydrogens is 268 g/mol. The third kappa shape index (κ3) is 4.36. The zero-order chi connectivity index (χ0) is 15.2. The van der Waals surface area contributed by atoms with Crippen LogP contribution in [0.25, 0.3) is 0 Å². The van der Waals surface area contributed by atoms with Crippen molar-refractivity contribution in [3.8, 4) is 5.75 Å². The van der Waals surface area contributed by atoms with Crippen LogP contribution >= 0.6 is 0 Å². The van der Waals surface area contributed by atoms with E-state index in [-0.39, 0.29) is 18.6 Å². The van der Waals surface area contributed by atoms with Gasteiger partial charge in [-0.25, -0.2) is 0 Å². The van der Waals surface area contributed by atoms with E-state index >= 15 is 0 Å². The molecule has 0 aromatic heterocycles. The van der Waals surface area contributed by atoms with Gasteiger partial charge in [0.25, 0.3) is 5.91 Å². The average Bonchev–Trinajstić information content (AvgIpc) is 2.45. The van der Waals surface area contributed by atoms with Crippen LogP contribution in [0.4, 0.5) is 5.69 Å². The summed E-state index contributed by atoms with van der Waals surface area (Å²) in [5, 5.41) is 6.27. The van der Waals surface area contributed by atoms with Gasteiger partial charge in [-0.05, 0) is 38.3 Å². The lowest BCUT2D eigenvalue weighted by molar-refractivity contribution is -0.124. The van der Waals surface area contributed by atoms with Crippen molar-refractivity contribution in [2.75, 3.05) is 25.6 Å². The third-order valence-electron chi connectivity index (χ3n) is 3.53. The third-order valence-corrected chi connectivity index (χ3v) is 3.53. The summed E-state index contributed by atoms with van der Waals surface area (Å²) in [7, 11) is 1.61. The van der Waals surface area contributed by atoms with Gasteiger partial charge < -0.3 is 20.1 Å². The molecule has 21 heavy (non-hydrogen) atoms. The second-order valence-electron chi connectivity index (χ2n) is 5.59. The number of methoxy groups -OCH3 is 1. The van der Waals surface area contributed by atoms with Crippen LogP contribution in [0, 0.1) is 0 Å². The van der Waals surface area contributed by atoms with Gasteiger partial charge in [0, 0.05) is 19.2 Å². The van der Waals surface area contributed by atoms with Crippen LogP contribution in [0.2, 0.25) is 0 Å². The molecule has 1 aliphatic heterocycles. The molecule has 0 saturated heterocycles. The highest BCUT2D eigenvalue weighted by atomic mass is 16.5. The van der Waals surface area contributed by atoms with E-state index in [4.69, 9.17) is 9.47 Å². The number of carbonyl (C=O) groups is 1. The SMILES string of the molecule is COCC(C)NC(=O)COc1cccc2c1NC(C)CC2. The standard InChI is InChI=1S/C16H24N2O3/c1-11-7-8-13-5-4-6-14(16(13)18-11)21-10-15(19)17-12(2)9-20-3/h4-6,11-12,18H,7-10H2,1-3H3,(H,17,19). The smallest absolute Gasteiger partial charge is 0.258 e. The predicted octanol–water partition coefficient (Wildman–Crippen LogP) is 1.96. The molecule has 2 atom stereocenters. The highest BCUT2D eigenvalue weighted by molar-refractivity contribution is 5.78. The van der Waals surface area contributed by atoms with Crippen molar-refractivity contribution in [3.63, 3.8) is 0 Å². The maximum absolute atomic E-state index is 11.8. The fourth-order valence-electron chi connectivity index (χ4n) is 2.51. The molecule has 5 heteroatoms. The molecular formula is C16H24N2O3. The van der Waals surface area contributed by atoms with E-state index < -0.39 is 0 Å². The number of ether oxygens (including phenoxy) is 2. The Morgan fingerprint density at radius 2 is 2.33 bits per heavy atom. The predicted molar refractivity (Wildman–Crippen MR) is 82.8 cm³/mol. The lowest BCUT2D eigenvalue weighted by Gasteiger charge is -2.26. The Balaban J connectivity index is 1.93. The van der Waals surface area contributed by atoms with Crippen LogP contribution in [0.1, 0.15) is 25.8 Å². The van der Waals surface area contributed by atoms with Crippen LogP contribution in [0.3, 0.4) is 0 Å². The van der Waals surface area contributed by atoms with Gasteiger partial charge in [-0.1, -0.05) is 12.1 Å². The molecule has 5 nitrogen and oxygen atoms in total. The van der Waals surface area contributed by atoms with Gasteiger partial charge >= 0.3 is 0 Å². The summed E-state index contributed by atoms with van der Waals surface area (Å²) in [5.41, 5.74) is 2.27. The minimum absolute atomic E-state index is 0.0145. The Hall–Kier alpha value is -1.75. The number of carbonyl (C=O) groups excluding carboxylic acids is 1. The van der Waals surface area contributed by atoms with Crippen molar-refractivity contribution in [1.29, 1.82) is 0 Å². The van der Waals surface area contributed by atoms with Crippen LogP contribution in [-0.2, 0) is 16.0 Å². The summed E-state index contributed by atoms with van der Waals surface area (Å²) in [6, 6.07) is 6.38. The number of hydrogen-bond donors (Lipinski definition) is 2. The first-order valence-corrected chi connectivity index (χ1v) is 7.39. The lowest BCUT2D eigenvalue weighted by atomic mass is 9.98. The molecule has 1 aromatic carbocycles.